The van der Waals surface area contributed by atoms with Crippen LogP contribution in [0.15, 0.2) is 6.33 Å². The van der Waals surface area contributed by atoms with E-state index in [2.05, 4.69) is 20.7 Å². The summed E-state index contributed by atoms with van der Waals surface area (Å²) in [4.78, 5) is 26.1. The minimum atomic E-state index is -0.730. The first-order chi connectivity index (χ1) is 8.54. The third kappa shape index (κ3) is 4.04. The average Bonchev–Trinajstić information content (AvgIpc) is 2.75. The van der Waals surface area contributed by atoms with Crippen LogP contribution in [0.2, 0.25) is 0 Å². The predicted octanol–water partition coefficient (Wildman–Crippen LogP) is -0.466. The summed E-state index contributed by atoms with van der Waals surface area (Å²) in [5.41, 5.74) is 4.87. The lowest BCUT2D eigenvalue weighted by Gasteiger charge is -2.14. The number of amides is 3. The van der Waals surface area contributed by atoms with Crippen LogP contribution in [0.3, 0.4) is 0 Å². The molecule has 1 aromatic rings. The Bertz CT molecular complexity index is 416. The number of primary amides is 1. The van der Waals surface area contributed by atoms with Crippen LogP contribution >= 0.6 is 0 Å². The molecule has 1 atom stereocenters. The number of hydrogen-bond acceptors (Lipinski definition) is 4. The minimum Gasteiger partial charge on any atom is -0.352 e. The molecule has 0 aliphatic heterocycles. The van der Waals surface area contributed by atoms with E-state index in [9.17, 15) is 9.59 Å². The SMILES string of the molecule is CCCn1ncnc1[C@@H](C)NC(=O)CNC(N)=O. The fraction of sp³-hybridized carbons (Fsp3) is 0.600. The van der Waals surface area contributed by atoms with E-state index in [1.807, 2.05) is 6.92 Å². The molecule has 0 aliphatic carbocycles. The van der Waals surface area contributed by atoms with Gasteiger partial charge in [0.25, 0.3) is 0 Å². The highest BCUT2D eigenvalue weighted by Gasteiger charge is 2.15. The second kappa shape index (κ2) is 6.58. The van der Waals surface area contributed by atoms with Crippen LogP contribution in [0.4, 0.5) is 4.79 Å². The zero-order valence-electron chi connectivity index (χ0n) is 10.5. The van der Waals surface area contributed by atoms with E-state index < -0.39 is 6.03 Å². The molecule has 0 aliphatic rings. The molecule has 8 nitrogen and oxygen atoms in total. The molecule has 1 heterocycles. The number of aromatic nitrogens is 3. The second-order valence-corrected chi connectivity index (χ2v) is 3.85. The van der Waals surface area contributed by atoms with Crippen LogP contribution in [-0.2, 0) is 11.3 Å². The van der Waals surface area contributed by atoms with Crippen molar-refractivity contribution >= 4 is 11.9 Å². The van der Waals surface area contributed by atoms with Crippen LogP contribution in [0, 0.1) is 0 Å². The van der Waals surface area contributed by atoms with E-state index in [4.69, 9.17) is 5.73 Å². The molecule has 0 bridgehead atoms. The van der Waals surface area contributed by atoms with Gasteiger partial charge in [-0.2, -0.15) is 5.10 Å². The summed E-state index contributed by atoms with van der Waals surface area (Å²) in [5, 5.41) is 9.00. The van der Waals surface area contributed by atoms with E-state index in [-0.39, 0.29) is 18.5 Å². The van der Waals surface area contributed by atoms with Gasteiger partial charge < -0.3 is 16.4 Å². The van der Waals surface area contributed by atoms with E-state index in [0.717, 1.165) is 13.0 Å². The molecule has 0 spiro atoms. The Morgan fingerprint density at radius 3 is 2.89 bits per heavy atom. The summed E-state index contributed by atoms with van der Waals surface area (Å²) < 4.78 is 1.74. The van der Waals surface area contributed by atoms with E-state index in [1.54, 1.807) is 11.6 Å². The zero-order chi connectivity index (χ0) is 13.5. The van der Waals surface area contributed by atoms with Crippen LogP contribution < -0.4 is 16.4 Å². The standard InChI is InChI=1S/C10H18N6O2/c1-3-4-16-9(13-6-14-16)7(2)15-8(17)5-12-10(11)18/h6-7H,3-5H2,1-2H3,(H,15,17)(H3,11,12,18)/t7-/m1/s1. The smallest absolute Gasteiger partial charge is 0.312 e. The minimum absolute atomic E-state index is 0.151. The van der Waals surface area contributed by atoms with Gasteiger partial charge in [0.2, 0.25) is 5.91 Å². The summed E-state index contributed by atoms with van der Waals surface area (Å²) in [7, 11) is 0. The largest absolute Gasteiger partial charge is 0.352 e. The van der Waals surface area contributed by atoms with Gasteiger partial charge in [0, 0.05) is 6.54 Å². The number of nitrogens with two attached hydrogens (primary N) is 1. The molecule has 0 saturated carbocycles. The van der Waals surface area contributed by atoms with Gasteiger partial charge in [0.15, 0.2) is 0 Å². The molecule has 0 saturated heterocycles. The topological polar surface area (TPSA) is 115 Å². The van der Waals surface area contributed by atoms with Crippen molar-refractivity contribution in [3.05, 3.63) is 12.2 Å². The highest BCUT2D eigenvalue weighted by molar-refractivity contribution is 5.83. The highest BCUT2D eigenvalue weighted by Crippen LogP contribution is 2.08. The molecular formula is C10H18N6O2. The lowest BCUT2D eigenvalue weighted by atomic mass is 10.3. The molecule has 0 unspecified atom stereocenters. The molecule has 3 amide bonds. The van der Waals surface area contributed by atoms with Gasteiger partial charge >= 0.3 is 6.03 Å². The van der Waals surface area contributed by atoms with Crippen molar-refractivity contribution in [1.82, 2.24) is 25.4 Å². The summed E-state index contributed by atoms with van der Waals surface area (Å²) in [5.74, 6) is 0.358. The summed E-state index contributed by atoms with van der Waals surface area (Å²) >= 11 is 0. The van der Waals surface area contributed by atoms with Crippen LogP contribution in [-0.4, -0.2) is 33.2 Å². The van der Waals surface area contributed by atoms with Crippen molar-refractivity contribution in [3.8, 4) is 0 Å². The van der Waals surface area contributed by atoms with Gasteiger partial charge in [-0.15, -0.1) is 0 Å². The molecule has 1 aromatic heterocycles. The molecule has 18 heavy (non-hydrogen) atoms. The first kappa shape index (κ1) is 13.9. The Balaban J connectivity index is 2.53. The van der Waals surface area contributed by atoms with E-state index >= 15 is 0 Å². The quantitative estimate of drug-likeness (QED) is 0.636. The Kier molecular flexibility index (Phi) is 5.09. The second-order valence-electron chi connectivity index (χ2n) is 3.85. The van der Waals surface area contributed by atoms with Crippen LogP contribution in [0.5, 0.6) is 0 Å². The number of carbonyl (C=O) groups is 2. The highest BCUT2D eigenvalue weighted by atomic mass is 16.2. The molecule has 8 heteroatoms. The fourth-order valence-electron chi connectivity index (χ4n) is 1.52. The van der Waals surface area contributed by atoms with Crippen molar-refractivity contribution in [2.75, 3.05) is 6.54 Å². The Labute approximate surface area is 105 Å². The van der Waals surface area contributed by atoms with Gasteiger partial charge in [-0.05, 0) is 13.3 Å². The van der Waals surface area contributed by atoms with E-state index in [1.165, 1.54) is 6.33 Å². The lowest BCUT2D eigenvalue weighted by molar-refractivity contribution is -0.120. The van der Waals surface area contributed by atoms with Crippen LogP contribution in [0.25, 0.3) is 0 Å². The normalized spacial score (nSPS) is 11.9. The molecule has 0 aromatic carbocycles. The number of nitrogens with zero attached hydrogens (tertiary/aromatic N) is 3. The van der Waals surface area contributed by atoms with Crippen LogP contribution in [0.1, 0.15) is 32.1 Å². The van der Waals surface area contributed by atoms with E-state index in [0.29, 0.717) is 5.82 Å². The molecule has 0 fully saturated rings. The monoisotopic (exact) mass is 254 g/mol. The third-order valence-corrected chi connectivity index (χ3v) is 2.27. The molecule has 100 valence electrons. The van der Waals surface area contributed by atoms with Crippen molar-refractivity contribution < 1.29 is 9.59 Å². The van der Waals surface area contributed by atoms with Gasteiger partial charge in [-0.25, -0.2) is 14.5 Å². The number of aryl methyl sites for hydroxylation is 1. The summed E-state index contributed by atoms with van der Waals surface area (Å²) in [6.45, 7) is 4.43. The zero-order valence-corrected chi connectivity index (χ0v) is 10.5. The lowest BCUT2D eigenvalue weighted by Crippen LogP contribution is -2.40. The Morgan fingerprint density at radius 2 is 2.28 bits per heavy atom. The molecule has 1 rings (SSSR count). The first-order valence-electron chi connectivity index (χ1n) is 5.75. The molecular weight excluding hydrogens is 236 g/mol. The first-order valence-corrected chi connectivity index (χ1v) is 5.75. The number of urea groups is 1. The average molecular weight is 254 g/mol. The van der Waals surface area contributed by atoms with Crippen molar-refractivity contribution in [3.63, 3.8) is 0 Å². The maximum atomic E-state index is 11.5. The maximum Gasteiger partial charge on any atom is 0.312 e. The van der Waals surface area contributed by atoms with Gasteiger partial charge in [-0.1, -0.05) is 6.92 Å². The Hall–Kier alpha value is -2.12. The third-order valence-electron chi connectivity index (χ3n) is 2.27. The van der Waals surface area contributed by atoms with Crippen molar-refractivity contribution in [2.24, 2.45) is 5.73 Å². The number of nitrogens with one attached hydrogen (secondary N) is 2. The number of rotatable bonds is 6. The number of carbonyl (C=O) groups excluding carboxylic acids is 2. The predicted molar refractivity (Wildman–Crippen MR) is 64.5 cm³/mol. The summed E-state index contributed by atoms with van der Waals surface area (Å²) in [6, 6.07) is -1.01. The molecule has 0 radical (unpaired) electrons. The molecule has 4 N–H and O–H groups in total. The number of hydrogen-bond donors (Lipinski definition) is 3. The van der Waals surface area contributed by atoms with Crippen molar-refractivity contribution in [1.29, 1.82) is 0 Å². The summed E-state index contributed by atoms with van der Waals surface area (Å²) in [6.07, 6.45) is 2.38. The maximum absolute atomic E-state index is 11.5. The Morgan fingerprint density at radius 1 is 1.56 bits per heavy atom. The van der Waals surface area contributed by atoms with Gasteiger partial charge in [0.1, 0.15) is 12.2 Å². The fourth-order valence-corrected chi connectivity index (χ4v) is 1.52. The van der Waals surface area contributed by atoms with Gasteiger partial charge in [-0.3, -0.25) is 4.79 Å². The van der Waals surface area contributed by atoms with Gasteiger partial charge in [0.05, 0.1) is 12.6 Å². The van der Waals surface area contributed by atoms with Crippen molar-refractivity contribution in [2.45, 2.75) is 32.9 Å².